The van der Waals surface area contributed by atoms with Crippen LogP contribution in [0.4, 0.5) is 5.69 Å². The third-order valence-electron chi connectivity index (χ3n) is 6.46. The number of nitrogens with zero attached hydrogens (tertiary/aromatic N) is 3. The van der Waals surface area contributed by atoms with Crippen LogP contribution in [0.5, 0.6) is 0 Å². The molecular weight excluding hydrogens is 456 g/mol. The Kier molecular flexibility index (Phi) is 5.68. The van der Waals surface area contributed by atoms with Crippen molar-refractivity contribution in [1.82, 2.24) is 9.80 Å². The molecule has 5 rings (SSSR count). The number of benzene rings is 2. The summed E-state index contributed by atoms with van der Waals surface area (Å²) in [5, 5.41) is 2.96. The van der Waals surface area contributed by atoms with Gasteiger partial charge in [0.2, 0.25) is 17.7 Å². The number of piperidine rings is 1. The quantitative estimate of drug-likeness (QED) is 0.671. The molecular formula is C24H24N4O5S. The molecule has 2 aromatic rings. The Morgan fingerprint density at radius 2 is 1.74 bits per heavy atom. The lowest BCUT2D eigenvalue weighted by Gasteiger charge is -2.33. The molecule has 0 spiro atoms. The third-order valence-corrected chi connectivity index (χ3v) is 7.79. The number of amidine groups is 1. The number of anilines is 1. The molecule has 0 radical (unpaired) electrons. The van der Waals surface area contributed by atoms with E-state index in [1.165, 1.54) is 4.90 Å². The smallest absolute Gasteiger partial charge is 0.285 e. The molecule has 1 unspecified atom stereocenters. The topological polar surface area (TPSA) is 116 Å². The number of imide groups is 1. The first kappa shape index (κ1) is 22.3. The molecule has 176 valence electrons. The molecule has 2 aromatic carbocycles. The molecule has 3 aliphatic heterocycles. The standard InChI is InChI=1S/C24H24N4O5S/c29-21-11-12-22(30)28(21)15-16-6-1-3-9-19(16)25-24(31)17-7-5-13-27(14-17)23-18-8-2-4-10-20(18)34(32,33)26-23/h1-4,6,8-10,17H,5,7,11-15H2,(H,25,31). The lowest BCUT2D eigenvalue weighted by molar-refractivity contribution is -0.139. The van der Waals surface area contributed by atoms with Crippen LogP contribution in [0.2, 0.25) is 0 Å². The van der Waals surface area contributed by atoms with Gasteiger partial charge >= 0.3 is 0 Å². The molecule has 34 heavy (non-hydrogen) atoms. The summed E-state index contributed by atoms with van der Waals surface area (Å²) in [7, 11) is -3.73. The minimum absolute atomic E-state index is 0.121. The van der Waals surface area contributed by atoms with Crippen molar-refractivity contribution in [3.63, 3.8) is 0 Å². The zero-order chi connectivity index (χ0) is 23.9. The zero-order valence-corrected chi connectivity index (χ0v) is 19.3. The SMILES string of the molecule is O=C(Nc1ccccc1CN1C(=O)CCC1=O)C1CCCN(C2=NS(=O)(=O)c3ccccc32)C1. The Balaban J connectivity index is 1.31. The van der Waals surface area contributed by atoms with Crippen LogP contribution in [-0.4, -0.2) is 54.9 Å². The Morgan fingerprint density at radius 3 is 2.53 bits per heavy atom. The van der Waals surface area contributed by atoms with Crippen molar-refractivity contribution in [2.75, 3.05) is 18.4 Å². The number of para-hydroxylation sites is 1. The average molecular weight is 481 g/mol. The summed E-state index contributed by atoms with van der Waals surface area (Å²) in [6, 6.07) is 13.8. The summed E-state index contributed by atoms with van der Waals surface area (Å²) in [4.78, 5) is 40.5. The molecule has 10 heteroatoms. The fraction of sp³-hybridized carbons (Fsp3) is 0.333. The maximum absolute atomic E-state index is 13.2. The van der Waals surface area contributed by atoms with Crippen LogP contribution in [0.1, 0.15) is 36.8 Å². The maximum Gasteiger partial charge on any atom is 0.285 e. The average Bonchev–Trinajstić information content (AvgIpc) is 3.30. The highest BCUT2D eigenvalue weighted by Crippen LogP contribution is 2.30. The fourth-order valence-corrected chi connectivity index (χ4v) is 5.91. The largest absolute Gasteiger partial charge is 0.355 e. The van der Waals surface area contributed by atoms with E-state index < -0.39 is 10.0 Å². The highest BCUT2D eigenvalue weighted by molar-refractivity contribution is 7.90. The molecule has 9 nitrogen and oxygen atoms in total. The van der Waals surface area contributed by atoms with Gasteiger partial charge in [0, 0.05) is 37.2 Å². The summed E-state index contributed by atoms with van der Waals surface area (Å²) in [5.74, 6) is -0.580. The first-order chi connectivity index (χ1) is 16.3. The number of likely N-dealkylation sites (tertiary alicyclic amines) is 2. The Bertz CT molecular complexity index is 1300. The van der Waals surface area contributed by atoms with Gasteiger partial charge in [0.05, 0.1) is 12.5 Å². The first-order valence-electron chi connectivity index (χ1n) is 11.2. The van der Waals surface area contributed by atoms with E-state index in [4.69, 9.17) is 0 Å². The number of nitrogens with one attached hydrogen (secondary N) is 1. The van der Waals surface area contributed by atoms with E-state index in [0.29, 0.717) is 42.2 Å². The molecule has 2 fully saturated rings. The van der Waals surface area contributed by atoms with Crippen LogP contribution in [-0.2, 0) is 31.0 Å². The monoisotopic (exact) mass is 480 g/mol. The maximum atomic E-state index is 13.2. The number of sulfonamides is 1. The van der Waals surface area contributed by atoms with Crippen LogP contribution in [0.15, 0.2) is 57.8 Å². The van der Waals surface area contributed by atoms with E-state index in [1.54, 1.807) is 48.5 Å². The minimum atomic E-state index is -3.73. The molecule has 1 N–H and O–H groups in total. The third kappa shape index (κ3) is 4.09. The van der Waals surface area contributed by atoms with Gasteiger partial charge in [-0.1, -0.05) is 30.3 Å². The van der Waals surface area contributed by atoms with Gasteiger partial charge in [0.25, 0.3) is 10.0 Å². The number of rotatable bonds is 4. The molecule has 1 atom stereocenters. The van der Waals surface area contributed by atoms with Crippen molar-refractivity contribution in [3.8, 4) is 0 Å². The van der Waals surface area contributed by atoms with Crippen molar-refractivity contribution >= 4 is 39.3 Å². The molecule has 3 aliphatic rings. The van der Waals surface area contributed by atoms with E-state index >= 15 is 0 Å². The summed E-state index contributed by atoms with van der Waals surface area (Å²) in [5.41, 5.74) is 1.81. The van der Waals surface area contributed by atoms with Crippen LogP contribution < -0.4 is 5.32 Å². The van der Waals surface area contributed by atoms with Gasteiger partial charge in [0.15, 0.2) is 5.84 Å². The fourth-order valence-electron chi connectivity index (χ4n) is 4.68. The number of carbonyl (C=O) groups is 3. The lowest BCUT2D eigenvalue weighted by Crippen LogP contribution is -2.43. The van der Waals surface area contributed by atoms with Gasteiger partial charge < -0.3 is 10.2 Å². The second kappa shape index (κ2) is 8.68. The van der Waals surface area contributed by atoms with Crippen molar-refractivity contribution in [1.29, 1.82) is 0 Å². The van der Waals surface area contributed by atoms with E-state index in [1.807, 2.05) is 4.90 Å². The van der Waals surface area contributed by atoms with Gasteiger partial charge in [-0.25, -0.2) is 0 Å². The molecule has 0 saturated carbocycles. The Hall–Kier alpha value is -3.53. The second-order valence-corrected chi connectivity index (χ2v) is 10.3. The predicted octanol–water partition coefficient (Wildman–Crippen LogP) is 2.14. The lowest BCUT2D eigenvalue weighted by atomic mass is 9.96. The Morgan fingerprint density at radius 1 is 1.03 bits per heavy atom. The molecule has 3 amide bonds. The van der Waals surface area contributed by atoms with E-state index in [0.717, 1.165) is 6.42 Å². The molecule has 0 aliphatic carbocycles. The molecule has 3 heterocycles. The van der Waals surface area contributed by atoms with Crippen LogP contribution in [0, 0.1) is 5.92 Å². The molecule has 0 aromatic heterocycles. The van der Waals surface area contributed by atoms with Crippen molar-refractivity contribution in [2.24, 2.45) is 10.3 Å². The summed E-state index contributed by atoms with van der Waals surface area (Å²) < 4.78 is 28.9. The second-order valence-electron chi connectivity index (χ2n) is 8.69. The summed E-state index contributed by atoms with van der Waals surface area (Å²) in [6.45, 7) is 1.08. The normalized spacial score (nSPS) is 21.4. The van der Waals surface area contributed by atoms with Gasteiger partial charge in [0.1, 0.15) is 4.90 Å². The van der Waals surface area contributed by atoms with Gasteiger partial charge in [-0.2, -0.15) is 8.42 Å². The number of carbonyl (C=O) groups excluding carboxylic acids is 3. The summed E-state index contributed by atoms with van der Waals surface area (Å²) >= 11 is 0. The predicted molar refractivity (Wildman–Crippen MR) is 124 cm³/mol. The zero-order valence-electron chi connectivity index (χ0n) is 18.4. The van der Waals surface area contributed by atoms with Gasteiger partial charge in [-0.3, -0.25) is 19.3 Å². The molecule has 0 bridgehead atoms. The van der Waals surface area contributed by atoms with Crippen LogP contribution in [0.25, 0.3) is 0 Å². The van der Waals surface area contributed by atoms with E-state index in [9.17, 15) is 22.8 Å². The van der Waals surface area contributed by atoms with Gasteiger partial charge in [-0.15, -0.1) is 4.40 Å². The Labute approximate surface area is 197 Å². The number of fused-ring (bicyclic) bond motifs is 1. The van der Waals surface area contributed by atoms with E-state index in [2.05, 4.69) is 9.71 Å². The van der Waals surface area contributed by atoms with Crippen LogP contribution in [0.3, 0.4) is 0 Å². The summed E-state index contributed by atoms with van der Waals surface area (Å²) in [6.07, 6.45) is 1.81. The highest BCUT2D eigenvalue weighted by atomic mass is 32.2. The minimum Gasteiger partial charge on any atom is -0.355 e. The van der Waals surface area contributed by atoms with Crippen molar-refractivity contribution in [2.45, 2.75) is 37.1 Å². The number of amides is 3. The first-order valence-corrected chi connectivity index (χ1v) is 12.7. The van der Waals surface area contributed by atoms with Crippen molar-refractivity contribution < 1.29 is 22.8 Å². The molecule has 2 saturated heterocycles. The van der Waals surface area contributed by atoms with Gasteiger partial charge in [-0.05, 0) is 36.6 Å². The number of hydrogen-bond acceptors (Lipinski definition) is 6. The van der Waals surface area contributed by atoms with E-state index in [-0.39, 0.29) is 47.9 Å². The van der Waals surface area contributed by atoms with Crippen molar-refractivity contribution in [3.05, 3.63) is 59.7 Å². The highest BCUT2D eigenvalue weighted by Gasteiger charge is 2.35. The number of hydrogen-bond donors (Lipinski definition) is 1. The van der Waals surface area contributed by atoms with Crippen LogP contribution >= 0.6 is 0 Å².